The molecule has 0 fully saturated rings. The molecule has 0 bridgehead atoms. The highest BCUT2D eigenvalue weighted by atomic mass is 35.5. The number of hydrogen-bond acceptors (Lipinski definition) is 3. The predicted octanol–water partition coefficient (Wildman–Crippen LogP) is 4.95. The minimum Gasteiger partial charge on any atom is -0.354 e. The number of carbonyl (C=O) groups is 1. The van der Waals surface area contributed by atoms with Crippen molar-refractivity contribution in [3.05, 3.63) is 100 Å². The normalized spacial score (nSPS) is 12.5. The minimum absolute atomic E-state index is 0.0955. The zero-order valence-electron chi connectivity index (χ0n) is 15.3. The maximum atomic E-state index is 12.6. The van der Waals surface area contributed by atoms with Crippen LogP contribution >= 0.6 is 11.6 Å². The maximum Gasteiger partial charge on any atom is 0.251 e. The fourth-order valence-corrected chi connectivity index (χ4v) is 3.31. The van der Waals surface area contributed by atoms with Crippen molar-refractivity contribution in [1.29, 1.82) is 0 Å². The van der Waals surface area contributed by atoms with Crippen LogP contribution in [0.4, 0.5) is 5.69 Å². The Kier molecular flexibility index (Phi) is 5.40. The van der Waals surface area contributed by atoms with Crippen LogP contribution in [0.15, 0.2) is 77.8 Å². The van der Waals surface area contributed by atoms with E-state index in [1.807, 2.05) is 67.0 Å². The van der Waals surface area contributed by atoms with Crippen LogP contribution in [0.2, 0.25) is 5.02 Å². The first-order chi connectivity index (χ1) is 13.7. The van der Waals surface area contributed by atoms with E-state index < -0.39 is 0 Å². The van der Waals surface area contributed by atoms with Crippen molar-refractivity contribution in [1.82, 2.24) is 10.2 Å². The van der Waals surface area contributed by atoms with Gasteiger partial charge in [-0.2, -0.15) is 0 Å². The SMILES string of the molecule is O=C(NCc1ccc(Cl)cc1)c1ccc2c(c1)CN(Cc1ccccc1)C=N2. The summed E-state index contributed by atoms with van der Waals surface area (Å²) in [4.78, 5) is 19.2. The summed E-state index contributed by atoms with van der Waals surface area (Å²) < 4.78 is 0. The van der Waals surface area contributed by atoms with Gasteiger partial charge in [-0.1, -0.05) is 54.1 Å². The van der Waals surface area contributed by atoms with Crippen LogP contribution in [0.1, 0.15) is 27.0 Å². The first-order valence-electron chi connectivity index (χ1n) is 9.15. The highest BCUT2D eigenvalue weighted by Gasteiger charge is 2.15. The standard InChI is InChI=1S/C23H20ClN3O/c24-21-9-6-17(7-10-21)13-25-23(28)19-8-11-22-20(12-19)15-27(16-26-22)14-18-4-2-1-3-5-18/h1-12,16H,13-15H2,(H,25,28). The first kappa shape index (κ1) is 18.3. The van der Waals surface area contributed by atoms with Crippen molar-refractivity contribution in [3.63, 3.8) is 0 Å². The molecule has 0 aliphatic carbocycles. The van der Waals surface area contributed by atoms with Gasteiger partial charge in [0.15, 0.2) is 0 Å². The van der Waals surface area contributed by atoms with E-state index in [1.165, 1.54) is 5.56 Å². The quantitative estimate of drug-likeness (QED) is 0.671. The fraction of sp³-hybridized carbons (Fsp3) is 0.130. The number of amides is 1. The van der Waals surface area contributed by atoms with Gasteiger partial charge in [-0.25, -0.2) is 4.99 Å². The third-order valence-corrected chi connectivity index (χ3v) is 4.92. The van der Waals surface area contributed by atoms with Gasteiger partial charge in [-0.3, -0.25) is 4.79 Å². The second kappa shape index (κ2) is 8.28. The number of fused-ring (bicyclic) bond motifs is 1. The Morgan fingerprint density at radius 2 is 1.79 bits per heavy atom. The molecule has 0 saturated carbocycles. The number of benzene rings is 3. The molecule has 1 aliphatic rings. The number of rotatable bonds is 5. The monoisotopic (exact) mass is 389 g/mol. The lowest BCUT2D eigenvalue weighted by molar-refractivity contribution is 0.0951. The molecule has 1 aliphatic heterocycles. The van der Waals surface area contributed by atoms with Crippen LogP contribution in [0.3, 0.4) is 0 Å². The van der Waals surface area contributed by atoms with Crippen molar-refractivity contribution in [2.75, 3.05) is 0 Å². The van der Waals surface area contributed by atoms with Crippen LogP contribution in [-0.2, 0) is 19.6 Å². The Bertz CT molecular complexity index is 1000. The number of nitrogens with one attached hydrogen (secondary N) is 1. The highest BCUT2D eigenvalue weighted by Crippen LogP contribution is 2.26. The van der Waals surface area contributed by atoms with E-state index in [1.54, 1.807) is 0 Å². The molecule has 0 atom stereocenters. The molecule has 3 aromatic carbocycles. The molecule has 1 N–H and O–H groups in total. The molecule has 1 heterocycles. The van der Waals surface area contributed by atoms with E-state index in [2.05, 4.69) is 27.3 Å². The van der Waals surface area contributed by atoms with E-state index >= 15 is 0 Å². The van der Waals surface area contributed by atoms with Gasteiger partial charge in [-0.15, -0.1) is 0 Å². The van der Waals surface area contributed by atoms with Crippen molar-refractivity contribution >= 4 is 29.5 Å². The summed E-state index contributed by atoms with van der Waals surface area (Å²) in [7, 11) is 0. The van der Waals surface area contributed by atoms with Crippen LogP contribution in [0, 0.1) is 0 Å². The number of halogens is 1. The zero-order chi connectivity index (χ0) is 19.3. The molecule has 3 aromatic rings. The van der Waals surface area contributed by atoms with Gasteiger partial charge in [0.2, 0.25) is 0 Å². The van der Waals surface area contributed by atoms with E-state index in [9.17, 15) is 4.79 Å². The van der Waals surface area contributed by atoms with Crippen molar-refractivity contribution in [3.8, 4) is 0 Å². The lowest BCUT2D eigenvalue weighted by Gasteiger charge is -2.24. The summed E-state index contributed by atoms with van der Waals surface area (Å²) in [6.07, 6.45) is 1.87. The molecule has 140 valence electrons. The molecule has 4 nitrogen and oxygen atoms in total. The summed E-state index contributed by atoms with van der Waals surface area (Å²) in [5.74, 6) is -0.0955. The number of nitrogens with zero attached hydrogens (tertiary/aromatic N) is 2. The summed E-state index contributed by atoms with van der Waals surface area (Å²) in [5.41, 5.74) is 4.85. The average Bonchev–Trinajstić information content (AvgIpc) is 2.73. The van der Waals surface area contributed by atoms with E-state index in [4.69, 9.17) is 11.6 Å². The molecule has 0 radical (unpaired) electrons. The third-order valence-electron chi connectivity index (χ3n) is 4.67. The molecular formula is C23H20ClN3O. The van der Waals surface area contributed by atoms with Crippen molar-refractivity contribution in [2.24, 2.45) is 4.99 Å². The molecule has 4 rings (SSSR count). The fourth-order valence-electron chi connectivity index (χ4n) is 3.18. The average molecular weight is 390 g/mol. The van der Waals surface area contributed by atoms with Gasteiger partial charge in [-0.05, 0) is 47.0 Å². The van der Waals surface area contributed by atoms with E-state index in [0.717, 1.165) is 29.9 Å². The van der Waals surface area contributed by atoms with Crippen molar-refractivity contribution < 1.29 is 4.79 Å². The molecule has 0 saturated heterocycles. The summed E-state index contributed by atoms with van der Waals surface area (Å²) in [6, 6.07) is 23.4. The van der Waals surface area contributed by atoms with Crippen LogP contribution in [-0.4, -0.2) is 17.1 Å². The lowest BCUT2D eigenvalue weighted by Crippen LogP contribution is -2.25. The molecule has 0 aromatic heterocycles. The zero-order valence-corrected chi connectivity index (χ0v) is 16.1. The molecule has 5 heteroatoms. The van der Waals surface area contributed by atoms with E-state index in [-0.39, 0.29) is 5.91 Å². The largest absolute Gasteiger partial charge is 0.354 e. The van der Waals surface area contributed by atoms with Gasteiger partial charge >= 0.3 is 0 Å². The Morgan fingerprint density at radius 1 is 1.00 bits per heavy atom. The summed E-state index contributed by atoms with van der Waals surface area (Å²) in [6.45, 7) is 1.98. The van der Waals surface area contributed by atoms with Crippen LogP contribution < -0.4 is 5.32 Å². The molecule has 28 heavy (non-hydrogen) atoms. The number of hydrogen-bond donors (Lipinski definition) is 1. The first-order valence-corrected chi connectivity index (χ1v) is 9.53. The summed E-state index contributed by atoms with van der Waals surface area (Å²) >= 11 is 5.90. The molecule has 0 spiro atoms. The maximum absolute atomic E-state index is 12.6. The minimum atomic E-state index is -0.0955. The van der Waals surface area contributed by atoms with Crippen molar-refractivity contribution in [2.45, 2.75) is 19.6 Å². The molecule has 0 unspecified atom stereocenters. The molecular weight excluding hydrogens is 370 g/mol. The second-order valence-corrected chi connectivity index (χ2v) is 7.22. The van der Waals surface area contributed by atoms with E-state index in [0.29, 0.717) is 17.1 Å². The van der Waals surface area contributed by atoms with Gasteiger partial charge in [0.1, 0.15) is 0 Å². The van der Waals surface area contributed by atoms with Crippen LogP contribution in [0.25, 0.3) is 0 Å². The Balaban J connectivity index is 1.42. The van der Waals surface area contributed by atoms with Gasteiger partial charge in [0.25, 0.3) is 5.91 Å². The Hall–Kier alpha value is -3.11. The van der Waals surface area contributed by atoms with Gasteiger partial charge in [0, 0.05) is 30.2 Å². The number of aliphatic imine (C=N–C) groups is 1. The number of carbonyl (C=O) groups excluding carboxylic acids is 1. The topological polar surface area (TPSA) is 44.7 Å². The smallest absolute Gasteiger partial charge is 0.251 e. The Morgan fingerprint density at radius 3 is 2.57 bits per heavy atom. The Labute approximate surface area is 169 Å². The van der Waals surface area contributed by atoms with Gasteiger partial charge < -0.3 is 10.2 Å². The van der Waals surface area contributed by atoms with Gasteiger partial charge in [0.05, 0.1) is 12.0 Å². The third kappa shape index (κ3) is 4.41. The highest BCUT2D eigenvalue weighted by molar-refractivity contribution is 6.30. The molecule has 1 amide bonds. The lowest BCUT2D eigenvalue weighted by atomic mass is 10.1. The second-order valence-electron chi connectivity index (χ2n) is 6.79. The predicted molar refractivity (Wildman–Crippen MR) is 113 cm³/mol. The van der Waals surface area contributed by atoms with Crippen LogP contribution in [0.5, 0.6) is 0 Å². The summed E-state index contributed by atoms with van der Waals surface area (Å²) in [5, 5.41) is 3.64.